The molecule has 2 saturated heterocycles. The van der Waals surface area contributed by atoms with Crippen molar-refractivity contribution in [3.63, 3.8) is 0 Å². The Morgan fingerprint density at radius 2 is 1.73 bits per heavy atom. The number of ether oxygens (including phenoxy) is 4. The maximum absolute atomic E-state index is 13.3. The van der Waals surface area contributed by atoms with Crippen LogP contribution >= 0.6 is 0 Å². The number of rotatable bonds is 9. The van der Waals surface area contributed by atoms with Crippen molar-refractivity contribution in [1.29, 1.82) is 0 Å². The van der Waals surface area contributed by atoms with Crippen LogP contribution in [0.15, 0.2) is 57.9 Å². The Labute approximate surface area is 263 Å². The molecule has 2 aromatic heterocycles. The zero-order chi connectivity index (χ0) is 31.6. The Morgan fingerprint density at radius 3 is 2.40 bits per heavy atom. The predicted octanol–water partition coefficient (Wildman–Crippen LogP) is 3.78. The number of benzene rings is 2. The summed E-state index contributed by atoms with van der Waals surface area (Å²) < 4.78 is 28.5. The third kappa shape index (κ3) is 9.01. The Hall–Kier alpha value is -4.03. The quantitative estimate of drug-likeness (QED) is 0.278. The van der Waals surface area contributed by atoms with Crippen LogP contribution in [0.4, 0.5) is 0 Å². The second kappa shape index (κ2) is 15.8. The maximum Gasteiger partial charge on any atom is 0.223 e. The lowest BCUT2D eigenvalue weighted by Gasteiger charge is -2.26. The smallest absolute Gasteiger partial charge is 0.223 e. The number of aromatic nitrogens is 1. The van der Waals surface area contributed by atoms with Crippen LogP contribution in [0.5, 0.6) is 17.2 Å². The largest absolute Gasteiger partial charge is 0.488 e. The summed E-state index contributed by atoms with van der Waals surface area (Å²) >= 11 is 0. The van der Waals surface area contributed by atoms with Gasteiger partial charge in [-0.15, -0.1) is 0 Å². The topological polar surface area (TPSA) is 116 Å². The Morgan fingerprint density at radius 1 is 0.978 bits per heavy atom. The normalized spacial score (nSPS) is 15.2. The van der Waals surface area contributed by atoms with Crippen LogP contribution in [0, 0.1) is 6.92 Å². The first-order chi connectivity index (χ1) is 21.9. The summed E-state index contributed by atoms with van der Waals surface area (Å²) in [7, 11) is 3.95. The molecule has 11 heteroatoms. The van der Waals surface area contributed by atoms with Gasteiger partial charge < -0.3 is 38.5 Å². The van der Waals surface area contributed by atoms with E-state index in [2.05, 4.69) is 10.3 Å². The standard InChI is InChI=1S/C30H33N3O6.C4H9NO/c1-20-16-25-29(35)24-8-7-22(18-26(24)39-30(25)27(17-20)37-15-10-32(2)3)38-23-6-4-21(31-19-23)5-9-28(34)33-11-13-36-14-12-33;1-3-6-4-2-5-1/h4,6-8,16-19H,5,9-15H2,1-3H3;5H,1-4H2. The fourth-order valence-corrected chi connectivity index (χ4v) is 5.03. The van der Waals surface area contributed by atoms with Crippen LogP contribution in [-0.2, 0) is 20.7 Å². The van der Waals surface area contributed by atoms with Gasteiger partial charge in [-0.2, -0.15) is 0 Å². The van der Waals surface area contributed by atoms with Gasteiger partial charge in [-0.1, -0.05) is 0 Å². The molecule has 0 radical (unpaired) electrons. The van der Waals surface area contributed by atoms with E-state index in [4.69, 9.17) is 23.4 Å². The maximum atomic E-state index is 13.3. The van der Waals surface area contributed by atoms with Gasteiger partial charge in [-0.05, 0) is 69.4 Å². The summed E-state index contributed by atoms with van der Waals surface area (Å²) in [6, 6.07) is 12.5. The molecular formula is C34H42N4O7. The molecule has 45 heavy (non-hydrogen) atoms. The van der Waals surface area contributed by atoms with E-state index in [9.17, 15) is 9.59 Å². The molecule has 1 N–H and O–H groups in total. The van der Waals surface area contributed by atoms with Crippen molar-refractivity contribution in [3.8, 4) is 17.2 Å². The SMILES string of the molecule is C1COCCN1.Cc1cc(OCCN(C)C)c2oc3cc(Oc4ccc(CCC(=O)N5CCOCC5)nc4)ccc3c(=O)c2c1. The molecule has 4 aromatic rings. The summed E-state index contributed by atoms with van der Waals surface area (Å²) in [5, 5.41) is 4.12. The predicted molar refractivity (Wildman–Crippen MR) is 172 cm³/mol. The molecule has 0 aliphatic carbocycles. The highest BCUT2D eigenvalue weighted by atomic mass is 16.5. The number of nitrogens with zero attached hydrogens (tertiary/aromatic N) is 3. The van der Waals surface area contributed by atoms with Crippen molar-refractivity contribution >= 4 is 27.8 Å². The lowest BCUT2D eigenvalue weighted by Crippen LogP contribution is -2.40. The number of aryl methyl sites for hydroxylation is 2. The van der Waals surface area contributed by atoms with Crippen molar-refractivity contribution in [1.82, 2.24) is 20.1 Å². The minimum atomic E-state index is -0.114. The van der Waals surface area contributed by atoms with E-state index < -0.39 is 0 Å². The summed E-state index contributed by atoms with van der Waals surface area (Å²) in [6.07, 6.45) is 2.60. The molecule has 6 rings (SSSR count). The summed E-state index contributed by atoms with van der Waals surface area (Å²) in [6.45, 7) is 9.45. The van der Waals surface area contributed by atoms with Gasteiger partial charge in [0.15, 0.2) is 11.3 Å². The lowest BCUT2D eigenvalue weighted by atomic mass is 10.1. The van der Waals surface area contributed by atoms with Crippen LogP contribution in [0.1, 0.15) is 17.7 Å². The fourth-order valence-electron chi connectivity index (χ4n) is 5.03. The third-order valence-electron chi connectivity index (χ3n) is 7.49. The zero-order valence-corrected chi connectivity index (χ0v) is 26.3. The van der Waals surface area contributed by atoms with Crippen molar-refractivity contribution in [2.75, 3.05) is 79.9 Å². The molecule has 0 unspecified atom stereocenters. The van der Waals surface area contributed by atoms with Crippen LogP contribution in [0.2, 0.25) is 0 Å². The number of pyridine rings is 1. The molecule has 11 nitrogen and oxygen atoms in total. The molecule has 240 valence electrons. The molecule has 1 amide bonds. The highest BCUT2D eigenvalue weighted by molar-refractivity contribution is 5.93. The Balaban J connectivity index is 0.000000598. The van der Waals surface area contributed by atoms with Gasteiger partial charge in [-0.25, -0.2) is 0 Å². The Bertz CT molecular complexity index is 1620. The van der Waals surface area contributed by atoms with Gasteiger partial charge in [-0.3, -0.25) is 14.6 Å². The van der Waals surface area contributed by atoms with Crippen LogP contribution in [-0.4, -0.2) is 101 Å². The number of morpholine rings is 2. The zero-order valence-electron chi connectivity index (χ0n) is 26.3. The summed E-state index contributed by atoms with van der Waals surface area (Å²) in [4.78, 5) is 34.0. The van der Waals surface area contributed by atoms with Gasteiger partial charge >= 0.3 is 0 Å². The third-order valence-corrected chi connectivity index (χ3v) is 7.49. The molecular weight excluding hydrogens is 576 g/mol. The van der Waals surface area contributed by atoms with Crippen molar-refractivity contribution in [3.05, 3.63) is 70.1 Å². The number of carbonyl (C=O) groups is 1. The van der Waals surface area contributed by atoms with Crippen molar-refractivity contribution < 1.29 is 28.2 Å². The van der Waals surface area contributed by atoms with E-state index in [1.165, 1.54) is 0 Å². The second-order valence-electron chi connectivity index (χ2n) is 11.3. The number of hydrogen-bond donors (Lipinski definition) is 1. The molecule has 2 aliphatic rings. The monoisotopic (exact) mass is 618 g/mol. The van der Waals surface area contributed by atoms with Crippen molar-refractivity contribution in [2.45, 2.75) is 19.8 Å². The van der Waals surface area contributed by atoms with Gasteiger partial charge in [0.05, 0.1) is 43.4 Å². The van der Waals surface area contributed by atoms with Crippen LogP contribution < -0.4 is 20.2 Å². The average Bonchev–Trinajstić information content (AvgIpc) is 3.06. The van der Waals surface area contributed by atoms with E-state index in [-0.39, 0.29) is 11.3 Å². The molecule has 2 aromatic carbocycles. The molecule has 2 fully saturated rings. The molecule has 0 saturated carbocycles. The van der Waals surface area contributed by atoms with E-state index in [0.29, 0.717) is 84.9 Å². The minimum Gasteiger partial charge on any atom is -0.488 e. The van der Waals surface area contributed by atoms with E-state index in [1.807, 2.05) is 55.1 Å². The molecule has 4 heterocycles. The second-order valence-corrected chi connectivity index (χ2v) is 11.3. The summed E-state index contributed by atoms with van der Waals surface area (Å²) in [5.41, 5.74) is 2.47. The first kappa shape index (κ1) is 32.4. The number of likely N-dealkylation sites (N-methyl/N-ethyl adjacent to an activating group) is 1. The fraction of sp³-hybridized carbons (Fsp3) is 0.441. The number of amides is 1. The van der Waals surface area contributed by atoms with E-state index in [0.717, 1.165) is 44.1 Å². The van der Waals surface area contributed by atoms with Gasteiger partial charge in [0.2, 0.25) is 11.3 Å². The van der Waals surface area contributed by atoms with E-state index >= 15 is 0 Å². The molecule has 0 bridgehead atoms. The molecule has 0 spiro atoms. The van der Waals surface area contributed by atoms with Crippen LogP contribution in [0.25, 0.3) is 21.9 Å². The van der Waals surface area contributed by atoms with Gasteiger partial charge in [0, 0.05) is 50.9 Å². The molecule has 2 aliphatic heterocycles. The van der Waals surface area contributed by atoms with Gasteiger partial charge in [0.25, 0.3) is 0 Å². The number of nitrogens with one attached hydrogen (secondary N) is 1. The highest BCUT2D eigenvalue weighted by Crippen LogP contribution is 2.31. The number of carbonyl (C=O) groups excluding carboxylic acids is 1. The average molecular weight is 619 g/mol. The lowest BCUT2D eigenvalue weighted by molar-refractivity contribution is -0.135. The van der Waals surface area contributed by atoms with Crippen LogP contribution in [0.3, 0.4) is 0 Å². The first-order valence-corrected chi connectivity index (χ1v) is 15.4. The number of hydrogen-bond acceptors (Lipinski definition) is 10. The highest BCUT2D eigenvalue weighted by Gasteiger charge is 2.17. The van der Waals surface area contributed by atoms with Crippen molar-refractivity contribution in [2.24, 2.45) is 0 Å². The first-order valence-electron chi connectivity index (χ1n) is 15.4. The molecule has 0 atom stereocenters. The van der Waals surface area contributed by atoms with Gasteiger partial charge in [0.1, 0.15) is 23.7 Å². The Kier molecular flexibility index (Phi) is 11.4. The summed E-state index contributed by atoms with van der Waals surface area (Å²) in [5.74, 6) is 1.73. The number of fused-ring (bicyclic) bond motifs is 2. The minimum absolute atomic E-state index is 0.114. The van der Waals surface area contributed by atoms with E-state index in [1.54, 1.807) is 24.4 Å².